The Kier molecular flexibility index (Phi) is 5.54. The van der Waals surface area contributed by atoms with Crippen LogP contribution in [0, 0.1) is 5.82 Å². The molecular weight excluding hydrogens is 479 g/mol. The number of hydrogen-bond acceptors (Lipinski definition) is 3. The molecule has 2 heterocycles. The zero-order valence-electron chi connectivity index (χ0n) is 14.8. The Morgan fingerprint density at radius 3 is 2.66 bits per heavy atom. The minimum atomic E-state index is -0.541. The number of aromatic nitrogens is 1. The molecule has 146 valence electrons. The molecule has 0 bridgehead atoms. The van der Waals surface area contributed by atoms with E-state index in [2.05, 4.69) is 26.2 Å². The maximum Gasteiger partial charge on any atom is 0.257 e. The summed E-state index contributed by atoms with van der Waals surface area (Å²) in [5.74, 6) is -1.07. The van der Waals surface area contributed by atoms with Crippen LogP contribution in [0.25, 0.3) is 21.3 Å². The summed E-state index contributed by atoms with van der Waals surface area (Å²) in [6.45, 7) is 0.241. The van der Waals surface area contributed by atoms with Crippen molar-refractivity contribution in [1.82, 2.24) is 10.3 Å². The fraction of sp³-hybridized carbons (Fsp3) is 0.0476. The van der Waals surface area contributed by atoms with Crippen LogP contribution >= 0.6 is 38.9 Å². The minimum Gasteiger partial charge on any atom is -0.360 e. The molecule has 4 aromatic rings. The molecule has 0 saturated heterocycles. The van der Waals surface area contributed by atoms with Crippen LogP contribution < -0.4 is 10.7 Å². The molecule has 0 radical (unpaired) electrons. The number of amides is 1. The molecule has 0 saturated carbocycles. The second-order valence-corrected chi connectivity index (χ2v) is 8.61. The van der Waals surface area contributed by atoms with Crippen LogP contribution in [0.5, 0.6) is 0 Å². The second kappa shape index (κ2) is 8.10. The molecule has 0 unspecified atom stereocenters. The highest BCUT2D eigenvalue weighted by atomic mass is 79.9. The van der Waals surface area contributed by atoms with E-state index in [1.165, 1.54) is 23.6 Å². The number of nitrogens with one attached hydrogen (secondary N) is 2. The van der Waals surface area contributed by atoms with Gasteiger partial charge >= 0.3 is 0 Å². The third-order valence-corrected chi connectivity index (χ3v) is 6.37. The third kappa shape index (κ3) is 4.12. The zero-order chi connectivity index (χ0) is 20.5. The molecule has 0 aliphatic rings. The lowest BCUT2D eigenvalue weighted by atomic mass is 10.1. The average molecular weight is 492 g/mol. The van der Waals surface area contributed by atoms with E-state index in [-0.39, 0.29) is 17.5 Å². The van der Waals surface area contributed by atoms with Gasteiger partial charge in [-0.2, -0.15) is 0 Å². The van der Waals surface area contributed by atoms with Gasteiger partial charge in [-0.05, 0) is 51.8 Å². The molecule has 8 heteroatoms. The lowest BCUT2D eigenvalue weighted by Gasteiger charge is -2.09. The Balaban J connectivity index is 1.69. The van der Waals surface area contributed by atoms with Gasteiger partial charge in [0.15, 0.2) is 0 Å². The first-order valence-electron chi connectivity index (χ1n) is 8.54. The summed E-state index contributed by atoms with van der Waals surface area (Å²) in [5, 5.41) is 5.31. The first-order chi connectivity index (χ1) is 13.9. The first-order valence-corrected chi connectivity index (χ1v) is 10.6. The highest BCUT2D eigenvalue weighted by Crippen LogP contribution is 2.34. The number of benzene rings is 2. The van der Waals surface area contributed by atoms with Crippen molar-refractivity contribution in [3.05, 3.63) is 90.7 Å². The number of pyridine rings is 1. The molecule has 0 atom stereocenters. The van der Waals surface area contributed by atoms with Gasteiger partial charge in [-0.25, -0.2) is 4.39 Å². The molecule has 0 aliphatic heterocycles. The number of fused-ring (bicyclic) bond motifs is 1. The van der Waals surface area contributed by atoms with Gasteiger partial charge in [-0.1, -0.05) is 23.7 Å². The van der Waals surface area contributed by atoms with Crippen molar-refractivity contribution < 1.29 is 9.18 Å². The second-order valence-electron chi connectivity index (χ2n) is 6.35. The van der Waals surface area contributed by atoms with Crippen molar-refractivity contribution >= 4 is 55.7 Å². The van der Waals surface area contributed by atoms with Crippen molar-refractivity contribution in [3.63, 3.8) is 0 Å². The summed E-state index contributed by atoms with van der Waals surface area (Å²) in [6.07, 6.45) is 1.37. The molecule has 4 rings (SSSR count). The molecular formula is C21H13BrClFN2O2S. The quantitative estimate of drug-likeness (QED) is 0.382. The largest absolute Gasteiger partial charge is 0.360 e. The summed E-state index contributed by atoms with van der Waals surface area (Å²) in [4.78, 5) is 29.2. The Hall–Kier alpha value is -2.48. The fourth-order valence-corrected chi connectivity index (χ4v) is 4.57. The number of carbonyl (C=O) groups is 1. The van der Waals surface area contributed by atoms with E-state index in [0.717, 1.165) is 21.0 Å². The molecule has 29 heavy (non-hydrogen) atoms. The van der Waals surface area contributed by atoms with Gasteiger partial charge in [0.05, 0.1) is 5.52 Å². The zero-order valence-corrected chi connectivity index (χ0v) is 17.9. The van der Waals surface area contributed by atoms with Gasteiger partial charge in [-0.3, -0.25) is 9.59 Å². The Morgan fingerprint density at radius 1 is 1.21 bits per heavy atom. The molecule has 0 spiro atoms. The van der Waals surface area contributed by atoms with Gasteiger partial charge in [0.25, 0.3) is 5.91 Å². The number of halogens is 3. The minimum absolute atomic E-state index is 0.0737. The summed E-state index contributed by atoms with van der Waals surface area (Å²) in [5.41, 5.74) is 1.30. The van der Waals surface area contributed by atoms with Crippen LogP contribution in [-0.2, 0) is 6.54 Å². The van der Waals surface area contributed by atoms with E-state index in [9.17, 15) is 14.0 Å². The number of rotatable bonds is 4. The maximum atomic E-state index is 14.2. The molecule has 2 N–H and O–H groups in total. The molecule has 4 nitrogen and oxygen atoms in total. The standard InChI is InChI=1S/C21H13BrClFN2O2S/c22-12-5-18(29-10-12)15-6-14(24)7-16-19(15)25-9-17(20(16)27)21(28)26-8-11-1-3-13(23)4-2-11/h1-7,9-10H,8H2,(H,25,27)(H,26,28). The van der Waals surface area contributed by atoms with Gasteiger partial charge < -0.3 is 10.3 Å². The number of hydrogen-bond donors (Lipinski definition) is 2. The summed E-state index contributed by atoms with van der Waals surface area (Å²) in [6, 6.07) is 11.4. The van der Waals surface area contributed by atoms with Crippen molar-refractivity contribution in [1.29, 1.82) is 0 Å². The summed E-state index contributed by atoms with van der Waals surface area (Å²) < 4.78 is 15.1. The van der Waals surface area contributed by atoms with E-state index in [0.29, 0.717) is 16.1 Å². The third-order valence-electron chi connectivity index (χ3n) is 4.40. The smallest absolute Gasteiger partial charge is 0.257 e. The van der Waals surface area contributed by atoms with Crippen LogP contribution in [0.2, 0.25) is 5.02 Å². The number of H-pyrrole nitrogens is 1. The molecule has 2 aromatic carbocycles. The van der Waals surface area contributed by atoms with E-state index >= 15 is 0 Å². The normalized spacial score (nSPS) is 11.0. The predicted octanol–water partition coefficient (Wildman–Crippen LogP) is 5.74. The highest BCUT2D eigenvalue weighted by molar-refractivity contribution is 9.10. The average Bonchev–Trinajstić information content (AvgIpc) is 3.13. The first kappa shape index (κ1) is 19.8. The van der Waals surface area contributed by atoms with Crippen molar-refractivity contribution in [2.45, 2.75) is 6.54 Å². The van der Waals surface area contributed by atoms with E-state index in [1.54, 1.807) is 24.3 Å². The lowest BCUT2D eigenvalue weighted by Crippen LogP contribution is -2.28. The predicted molar refractivity (Wildman–Crippen MR) is 118 cm³/mol. The Labute approximate surface area is 182 Å². The molecule has 0 fully saturated rings. The summed E-state index contributed by atoms with van der Waals surface area (Å²) >= 11 is 10.7. The number of carbonyl (C=O) groups excluding carboxylic acids is 1. The van der Waals surface area contributed by atoms with Gasteiger partial charge in [-0.15, -0.1) is 11.3 Å². The van der Waals surface area contributed by atoms with Crippen LogP contribution in [0.4, 0.5) is 4.39 Å². The topological polar surface area (TPSA) is 62.0 Å². The van der Waals surface area contributed by atoms with Crippen LogP contribution in [0.1, 0.15) is 15.9 Å². The van der Waals surface area contributed by atoms with Crippen LogP contribution in [0.3, 0.4) is 0 Å². The SMILES string of the molecule is O=C(NCc1ccc(Cl)cc1)c1c[nH]c2c(-c3cc(Br)cs3)cc(F)cc2c1=O. The van der Waals surface area contributed by atoms with E-state index in [1.807, 2.05) is 11.4 Å². The highest BCUT2D eigenvalue weighted by Gasteiger charge is 2.17. The van der Waals surface area contributed by atoms with Gasteiger partial charge in [0, 0.05) is 43.4 Å². The van der Waals surface area contributed by atoms with Gasteiger partial charge in [0.1, 0.15) is 11.4 Å². The van der Waals surface area contributed by atoms with E-state index in [4.69, 9.17) is 11.6 Å². The molecule has 1 amide bonds. The number of thiophene rings is 1. The monoisotopic (exact) mass is 490 g/mol. The lowest BCUT2D eigenvalue weighted by molar-refractivity contribution is 0.0949. The maximum absolute atomic E-state index is 14.2. The molecule has 2 aromatic heterocycles. The van der Waals surface area contributed by atoms with Crippen molar-refractivity contribution in [3.8, 4) is 10.4 Å². The van der Waals surface area contributed by atoms with Gasteiger partial charge in [0.2, 0.25) is 5.43 Å². The van der Waals surface area contributed by atoms with Crippen LogP contribution in [-0.4, -0.2) is 10.9 Å². The Bertz CT molecular complexity index is 1280. The van der Waals surface area contributed by atoms with E-state index < -0.39 is 17.2 Å². The Morgan fingerprint density at radius 2 is 1.97 bits per heavy atom. The van der Waals surface area contributed by atoms with Crippen molar-refractivity contribution in [2.75, 3.05) is 0 Å². The summed E-state index contributed by atoms with van der Waals surface area (Å²) in [7, 11) is 0. The van der Waals surface area contributed by atoms with Crippen LogP contribution in [0.15, 0.2) is 63.3 Å². The fourth-order valence-electron chi connectivity index (χ4n) is 2.99. The number of aromatic amines is 1. The molecule has 0 aliphatic carbocycles. The van der Waals surface area contributed by atoms with Crippen molar-refractivity contribution in [2.24, 2.45) is 0 Å².